The van der Waals surface area contributed by atoms with E-state index in [1.165, 1.54) is 11.1 Å². The summed E-state index contributed by atoms with van der Waals surface area (Å²) in [6.07, 6.45) is 1.81. The highest BCUT2D eigenvalue weighted by Gasteiger charge is 2.15. The molecule has 0 aliphatic heterocycles. The molecule has 2 nitrogen and oxygen atoms in total. The molecule has 1 N–H and O–H groups in total. The summed E-state index contributed by atoms with van der Waals surface area (Å²) in [5, 5.41) is 10.3. The lowest BCUT2D eigenvalue weighted by molar-refractivity contribution is 0.188. The van der Waals surface area contributed by atoms with Crippen molar-refractivity contribution < 1.29 is 9.52 Å². The molecule has 0 spiro atoms. The second-order valence-corrected chi connectivity index (χ2v) is 5.27. The van der Waals surface area contributed by atoms with Crippen molar-refractivity contribution in [1.82, 2.24) is 0 Å². The van der Waals surface area contributed by atoms with E-state index >= 15 is 0 Å². The third-order valence-corrected chi connectivity index (χ3v) is 3.70. The van der Waals surface area contributed by atoms with Crippen molar-refractivity contribution in [2.75, 3.05) is 0 Å². The van der Waals surface area contributed by atoms with Crippen LogP contribution in [0.2, 0.25) is 0 Å². The van der Waals surface area contributed by atoms with Crippen LogP contribution in [0, 0.1) is 6.92 Å². The van der Waals surface area contributed by atoms with Crippen molar-refractivity contribution in [3.63, 3.8) is 0 Å². The first-order valence-corrected chi connectivity index (χ1v) is 7.09. The van der Waals surface area contributed by atoms with Gasteiger partial charge in [-0.2, -0.15) is 0 Å². The molecule has 2 aromatic carbocycles. The predicted molar refractivity (Wildman–Crippen MR) is 83.2 cm³/mol. The largest absolute Gasteiger partial charge is 0.466 e. The van der Waals surface area contributed by atoms with Crippen LogP contribution in [0.5, 0.6) is 0 Å². The van der Waals surface area contributed by atoms with Crippen molar-refractivity contribution in [3.8, 4) is 0 Å². The lowest BCUT2D eigenvalue weighted by Gasteiger charge is -2.10. The van der Waals surface area contributed by atoms with Crippen molar-refractivity contribution in [3.05, 3.63) is 94.9 Å². The number of hydrogen-bond acceptors (Lipinski definition) is 2. The Kier molecular flexibility index (Phi) is 3.89. The van der Waals surface area contributed by atoms with Crippen LogP contribution in [0.1, 0.15) is 34.1 Å². The number of benzene rings is 2. The van der Waals surface area contributed by atoms with Gasteiger partial charge in [-0.1, -0.05) is 54.6 Å². The maximum absolute atomic E-state index is 10.3. The van der Waals surface area contributed by atoms with E-state index in [1.807, 2.05) is 43.3 Å². The summed E-state index contributed by atoms with van der Waals surface area (Å²) in [4.78, 5) is 0. The molecule has 1 aromatic heterocycles. The van der Waals surface area contributed by atoms with Crippen LogP contribution in [0.25, 0.3) is 0 Å². The van der Waals surface area contributed by atoms with Crippen molar-refractivity contribution in [2.24, 2.45) is 0 Å². The monoisotopic (exact) mass is 278 g/mol. The van der Waals surface area contributed by atoms with Gasteiger partial charge in [0.25, 0.3) is 0 Å². The average Bonchev–Trinajstić information content (AvgIpc) is 2.94. The minimum absolute atomic E-state index is 0.616. The van der Waals surface area contributed by atoms with Crippen LogP contribution in [0.3, 0.4) is 0 Å². The number of aliphatic hydroxyl groups is 1. The highest BCUT2D eigenvalue weighted by Crippen LogP contribution is 2.25. The fourth-order valence-corrected chi connectivity index (χ4v) is 2.47. The summed E-state index contributed by atoms with van der Waals surface area (Å²) in [5.74, 6) is 0.616. The maximum atomic E-state index is 10.3. The van der Waals surface area contributed by atoms with Gasteiger partial charge in [0, 0.05) is 0 Å². The number of hydrogen-bond donors (Lipinski definition) is 1. The summed E-state index contributed by atoms with van der Waals surface area (Å²) >= 11 is 0. The first-order valence-electron chi connectivity index (χ1n) is 7.09. The first kappa shape index (κ1) is 13.7. The van der Waals surface area contributed by atoms with Gasteiger partial charge in [-0.15, -0.1) is 0 Å². The quantitative estimate of drug-likeness (QED) is 0.773. The number of rotatable bonds is 4. The number of aryl methyl sites for hydroxylation is 1. The molecule has 0 aliphatic rings. The molecule has 2 heteroatoms. The Balaban J connectivity index is 1.77. The summed E-state index contributed by atoms with van der Waals surface area (Å²) < 4.78 is 5.36. The summed E-state index contributed by atoms with van der Waals surface area (Å²) in [6, 6.07) is 20.3. The molecule has 0 bridgehead atoms. The van der Waals surface area contributed by atoms with Crippen LogP contribution < -0.4 is 0 Å². The topological polar surface area (TPSA) is 33.4 Å². The van der Waals surface area contributed by atoms with Crippen LogP contribution >= 0.6 is 0 Å². The van der Waals surface area contributed by atoms with Gasteiger partial charge >= 0.3 is 0 Å². The smallest absolute Gasteiger partial charge is 0.139 e. The molecule has 0 amide bonds. The first-order chi connectivity index (χ1) is 10.2. The molecule has 0 saturated heterocycles. The maximum Gasteiger partial charge on any atom is 0.139 e. The molecule has 1 unspecified atom stereocenters. The molecule has 1 heterocycles. The molecular formula is C19H18O2. The second-order valence-electron chi connectivity index (χ2n) is 5.27. The van der Waals surface area contributed by atoms with Crippen LogP contribution in [-0.2, 0) is 6.42 Å². The van der Waals surface area contributed by atoms with Crippen molar-refractivity contribution in [2.45, 2.75) is 19.4 Å². The van der Waals surface area contributed by atoms with Gasteiger partial charge in [-0.3, -0.25) is 0 Å². The second kappa shape index (κ2) is 5.98. The predicted octanol–water partition coefficient (Wildman–Crippen LogP) is 4.26. The molecule has 106 valence electrons. The van der Waals surface area contributed by atoms with Crippen LogP contribution in [-0.4, -0.2) is 5.11 Å². The lowest BCUT2D eigenvalue weighted by atomic mass is 10.00. The van der Waals surface area contributed by atoms with Gasteiger partial charge in [0.05, 0.1) is 6.26 Å². The normalized spacial score (nSPS) is 12.3. The zero-order valence-electron chi connectivity index (χ0n) is 12.0. The molecule has 0 radical (unpaired) electrons. The van der Waals surface area contributed by atoms with Gasteiger partial charge in [-0.25, -0.2) is 0 Å². The Bertz CT molecular complexity index is 696. The van der Waals surface area contributed by atoms with E-state index in [9.17, 15) is 5.11 Å². The zero-order valence-corrected chi connectivity index (χ0v) is 12.0. The zero-order chi connectivity index (χ0) is 14.7. The van der Waals surface area contributed by atoms with Crippen molar-refractivity contribution >= 4 is 0 Å². The van der Waals surface area contributed by atoms with E-state index in [0.29, 0.717) is 5.76 Å². The third-order valence-electron chi connectivity index (χ3n) is 3.70. The van der Waals surface area contributed by atoms with Gasteiger partial charge in [0.1, 0.15) is 11.9 Å². The Morgan fingerprint density at radius 2 is 1.57 bits per heavy atom. The van der Waals surface area contributed by atoms with E-state index < -0.39 is 6.10 Å². The molecular weight excluding hydrogens is 260 g/mol. The summed E-state index contributed by atoms with van der Waals surface area (Å²) in [5.41, 5.74) is 4.33. The minimum atomic E-state index is -0.703. The Morgan fingerprint density at radius 1 is 0.905 bits per heavy atom. The minimum Gasteiger partial charge on any atom is -0.466 e. The van der Waals surface area contributed by atoms with Gasteiger partial charge in [0.2, 0.25) is 0 Å². The van der Waals surface area contributed by atoms with Gasteiger partial charge < -0.3 is 9.52 Å². The molecule has 3 rings (SSSR count). The molecule has 3 aromatic rings. The Morgan fingerprint density at radius 3 is 2.19 bits per heavy atom. The molecule has 1 atom stereocenters. The molecule has 21 heavy (non-hydrogen) atoms. The van der Waals surface area contributed by atoms with E-state index in [0.717, 1.165) is 17.5 Å². The fourth-order valence-electron chi connectivity index (χ4n) is 2.47. The summed E-state index contributed by atoms with van der Waals surface area (Å²) in [7, 11) is 0. The van der Waals surface area contributed by atoms with E-state index in [2.05, 4.69) is 24.3 Å². The van der Waals surface area contributed by atoms with E-state index in [4.69, 9.17) is 4.42 Å². The third kappa shape index (κ3) is 3.06. The van der Waals surface area contributed by atoms with E-state index in [-0.39, 0.29) is 0 Å². The Labute approximate surface area is 124 Å². The van der Waals surface area contributed by atoms with Gasteiger partial charge in [0.15, 0.2) is 0 Å². The van der Waals surface area contributed by atoms with Crippen LogP contribution in [0.4, 0.5) is 0 Å². The Hall–Kier alpha value is -2.32. The number of aliphatic hydroxyl groups excluding tert-OH is 1. The standard InChI is InChI=1S/C19H18O2/c1-14-11-12-21-19(14)18(20)17-9-7-16(8-10-17)13-15-5-3-2-4-6-15/h2-12,18,20H,13H2,1H3. The fraction of sp³-hybridized carbons (Fsp3) is 0.158. The molecule has 0 aliphatic carbocycles. The number of furan rings is 1. The molecule has 0 fully saturated rings. The highest BCUT2D eigenvalue weighted by atomic mass is 16.4. The lowest BCUT2D eigenvalue weighted by Crippen LogP contribution is -2.00. The molecule has 0 saturated carbocycles. The summed E-state index contributed by atoms with van der Waals surface area (Å²) in [6.45, 7) is 1.94. The van der Waals surface area contributed by atoms with Gasteiger partial charge in [-0.05, 0) is 41.7 Å². The van der Waals surface area contributed by atoms with E-state index in [1.54, 1.807) is 6.26 Å². The van der Waals surface area contributed by atoms with Crippen LogP contribution in [0.15, 0.2) is 71.3 Å². The SMILES string of the molecule is Cc1ccoc1C(O)c1ccc(Cc2ccccc2)cc1. The average molecular weight is 278 g/mol. The van der Waals surface area contributed by atoms with Crippen molar-refractivity contribution in [1.29, 1.82) is 0 Å². The highest BCUT2D eigenvalue weighted by molar-refractivity contribution is 5.33.